The molecule has 78 valence electrons. The Morgan fingerprint density at radius 1 is 1.07 bits per heavy atom. The zero-order valence-corrected chi connectivity index (χ0v) is 9.93. The number of hydrogen-bond acceptors (Lipinski definition) is 2. The van der Waals surface area contributed by atoms with E-state index in [1.165, 1.54) is 6.08 Å². The number of ketones is 1. The van der Waals surface area contributed by atoms with Crippen molar-refractivity contribution in [1.29, 1.82) is 5.26 Å². The lowest BCUT2D eigenvalue weighted by Gasteiger charge is -2.19. The molecule has 14 heavy (non-hydrogen) atoms. The van der Waals surface area contributed by atoms with E-state index in [4.69, 9.17) is 5.26 Å². The van der Waals surface area contributed by atoms with Crippen LogP contribution in [0, 0.1) is 22.2 Å². The van der Waals surface area contributed by atoms with Crippen LogP contribution < -0.4 is 0 Å². The maximum absolute atomic E-state index is 11.7. The molecule has 0 bridgehead atoms. The monoisotopic (exact) mass is 193 g/mol. The maximum atomic E-state index is 11.7. The molecule has 0 spiro atoms. The highest BCUT2D eigenvalue weighted by Gasteiger charge is 2.23. The van der Waals surface area contributed by atoms with Gasteiger partial charge in [-0.25, -0.2) is 0 Å². The lowest BCUT2D eigenvalue weighted by Crippen LogP contribution is -2.20. The van der Waals surface area contributed by atoms with E-state index < -0.39 is 5.41 Å². The molecule has 2 heteroatoms. The van der Waals surface area contributed by atoms with Crippen LogP contribution in [-0.4, -0.2) is 5.78 Å². The molecule has 0 heterocycles. The van der Waals surface area contributed by atoms with Gasteiger partial charge in [-0.05, 0) is 11.5 Å². The minimum absolute atomic E-state index is 0.00368. The quantitative estimate of drug-likeness (QED) is 0.474. The first kappa shape index (κ1) is 12.9. The molecule has 0 fully saturated rings. The Morgan fingerprint density at radius 3 is 1.71 bits per heavy atom. The summed E-state index contributed by atoms with van der Waals surface area (Å²) in [6, 6.07) is 2.09. The minimum Gasteiger partial charge on any atom is -0.294 e. The van der Waals surface area contributed by atoms with Crippen molar-refractivity contribution in [2.24, 2.45) is 10.8 Å². The second-order valence-corrected chi connectivity index (χ2v) is 5.53. The van der Waals surface area contributed by atoms with Gasteiger partial charge < -0.3 is 0 Å². The molecule has 0 radical (unpaired) electrons. The number of allylic oxidation sites excluding steroid dienone is 2. The molecule has 0 aromatic carbocycles. The van der Waals surface area contributed by atoms with Crippen LogP contribution >= 0.6 is 0 Å². The highest BCUT2D eigenvalue weighted by atomic mass is 16.1. The van der Waals surface area contributed by atoms with Gasteiger partial charge >= 0.3 is 0 Å². The highest BCUT2D eigenvalue weighted by molar-refractivity contribution is 5.95. The van der Waals surface area contributed by atoms with E-state index >= 15 is 0 Å². The van der Waals surface area contributed by atoms with E-state index in [0.29, 0.717) is 5.57 Å². The normalized spacial score (nSPS) is 13.6. The molecule has 2 nitrogen and oxygen atoms in total. The van der Waals surface area contributed by atoms with E-state index in [1.807, 2.05) is 41.5 Å². The fourth-order valence-electron chi connectivity index (χ4n) is 0.764. The van der Waals surface area contributed by atoms with Crippen molar-refractivity contribution in [3.8, 4) is 6.07 Å². The van der Waals surface area contributed by atoms with Gasteiger partial charge in [0.1, 0.15) is 0 Å². The van der Waals surface area contributed by atoms with Crippen molar-refractivity contribution in [1.82, 2.24) is 0 Å². The minimum atomic E-state index is -0.409. The van der Waals surface area contributed by atoms with Gasteiger partial charge in [0.25, 0.3) is 0 Å². The smallest absolute Gasteiger partial charge is 0.161 e. The molecular weight excluding hydrogens is 174 g/mol. The molecule has 0 aliphatic heterocycles. The summed E-state index contributed by atoms with van der Waals surface area (Å²) in [5, 5.41) is 8.91. The lowest BCUT2D eigenvalue weighted by molar-refractivity contribution is -0.121. The summed E-state index contributed by atoms with van der Waals surface area (Å²) in [7, 11) is 0. The fourth-order valence-corrected chi connectivity index (χ4v) is 0.764. The van der Waals surface area contributed by atoms with Crippen LogP contribution in [0.4, 0.5) is 0 Å². The molecule has 0 amide bonds. The van der Waals surface area contributed by atoms with Crippen molar-refractivity contribution in [2.45, 2.75) is 41.5 Å². The summed E-state index contributed by atoms with van der Waals surface area (Å²) < 4.78 is 0. The number of hydrogen-bond donors (Lipinski definition) is 0. The van der Waals surface area contributed by atoms with Crippen LogP contribution in [0.2, 0.25) is 0 Å². The predicted octanol–water partition coefficient (Wildman–Crippen LogP) is 3.10. The Kier molecular flexibility index (Phi) is 3.65. The van der Waals surface area contributed by atoms with Crippen molar-refractivity contribution in [2.75, 3.05) is 0 Å². The lowest BCUT2D eigenvalue weighted by atomic mass is 9.83. The molecule has 0 atom stereocenters. The number of rotatable bonds is 1. The van der Waals surface area contributed by atoms with E-state index in [1.54, 1.807) is 0 Å². The third-order valence-electron chi connectivity index (χ3n) is 1.94. The van der Waals surface area contributed by atoms with E-state index in [-0.39, 0.29) is 11.2 Å². The molecule has 0 aliphatic rings. The molecule has 0 N–H and O–H groups in total. The molecule has 0 aromatic heterocycles. The van der Waals surface area contributed by atoms with E-state index in [2.05, 4.69) is 6.07 Å². The van der Waals surface area contributed by atoms with Crippen LogP contribution in [0.25, 0.3) is 0 Å². The molecular formula is C12H19NO. The van der Waals surface area contributed by atoms with Gasteiger partial charge in [0.15, 0.2) is 5.78 Å². The van der Waals surface area contributed by atoms with Gasteiger partial charge in [0.2, 0.25) is 0 Å². The highest BCUT2D eigenvalue weighted by Crippen LogP contribution is 2.26. The van der Waals surface area contributed by atoms with Crippen molar-refractivity contribution < 1.29 is 4.79 Å². The number of carbonyl (C=O) groups is 1. The average Bonchev–Trinajstić information content (AvgIpc) is 1.95. The zero-order chi connectivity index (χ0) is 11.6. The molecule has 0 saturated carbocycles. The second-order valence-electron chi connectivity index (χ2n) is 5.53. The van der Waals surface area contributed by atoms with Crippen LogP contribution in [0.15, 0.2) is 11.6 Å². The molecule has 0 aromatic rings. The van der Waals surface area contributed by atoms with Gasteiger partial charge in [-0.1, -0.05) is 41.5 Å². The summed E-state index contributed by atoms with van der Waals surface area (Å²) in [5.74, 6) is 0.00368. The Bertz CT molecular complexity index is 292. The first-order valence-electron chi connectivity index (χ1n) is 4.76. The Labute approximate surface area is 86.6 Å². The van der Waals surface area contributed by atoms with Gasteiger partial charge in [0.05, 0.1) is 6.07 Å². The summed E-state index contributed by atoms with van der Waals surface area (Å²) in [6.07, 6.45) is 1.47. The van der Waals surface area contributed by atoms with Gasteiger partial charge in [-0.15, -0.1) is 0 Å². The molecule has 0 aliphatic carbocycles. The topological polar surface area (TPSA) is 40.9 Å². The second kappa shape index (κ2) is 3.96. The van der Waals surface area contributed by atoms with Gasteiger partial charge in [0, 0.05) is 11.0 Å². The van der Waals surface area contributed by atoms with Crippen molar-refractivity contribution >= 4 is 5.78 Å². The summed E-state index contributed by atoms with van der Waals surface area (Å²) in [4.78, 5) is 11.7. The summed E-state index contributed by atoms with van der Waals surface area (Å²) in [5.41, 5.74) is -0.124. The van der Waals surface area contributed by atoms with E-state index in [9.17, 15) is 4.79 Å². The van der Waals surface area contributed by atoms with Crippen LogP contribution in [0.1, 0.15) is 41.5 Å². The van der Waals surface area contributed by atoms with Crippen LogP contribution in [0.3, 0.4) is 0 Å². The van der Waals surface area contributed by atoms with Crippen molar-refractivity contribution in [3.63, 3.8) is 0 Å². The predicted molar refractivity (Wildman–Crippen MR) is 57.6 cm³/mol. The van der Waals surface area contributed by atoms with Crippen LogP contribution in [-0.2, 0) is 4.79 Å². The summed E-state index contributed by atoms with van der Waals surface area (Å²) in [6.45, 7) is 11.3. The largest absolute Gasteiger partial charge is 0.294 e. The number of carbonyl (C=O) groups excluding carboxylic acids is 1. The van der Waals surface area contributed by atoms with E-state index in [0.717, 1.165) is 0 Å². The van der Waals surface area contributed by atoms with Crippen molar-refractivity contribution in [3.05, 3.63) is 11.6 Å². The van der Waals surface area contributed by atoms with Gasteiger partial charge in [-0.3, -0.25) is 4.79 Å². The Hall–Kier alpha value is -1.10. The molecule has 0 unspecified atom stereocenters. The maximum Gasteiger partial charge on any atom is 0.161 e. The molecule has 0 saturated heterocycles. The zero-order valence-electron chi connectivity index (χ0n) is 9.93. The van der Waals surface area contributed by atoms with Crippen LogP contribution in [0.5, 0.6) is 0 Å². The van der Waals surface area contributed by atoms with Gasteiger partial charge in [-0.2, -0.15) is 5.26 Å². The third-order valence-corrected chi connectivity index (χ3v) is 1.94. The number of nitriles is 1. The number of nitrogens with zero attached hydrogens (tertiary/aromatic N) is 1. The first-order chi connectivity index (χ1) is 6.09. The first-order valence-corrected chi connectivity index (χ1v) is 4.76. The Morgan fingerprint density at radius 2 is 1.50 bits per heavy atom. The average molecular weight is 193 g/mol. The molecule has 0 rings (SSSR count). The fraction of sp³-hybridized carbons (Fsp3) is 0.667. The standard InChI is InChI=1S/C12H19NO/c1-11(2,3)9(8-13)7-10(14)12(4,5)6/h7H,1-6H3/b9-7-. The Balaban J connectivity index is 5.02. The third kappa shape index (κ3) is 3.74. The summed E-state index contributed by atoms with van der Waals surface area (Å²) >= 11 is 0. The SMILES string of the molecule is CC(C)(C)C(=O)/C=C(/C#N)C(C)(C)C.